The average Bonchev–Trinajstić information content (AvgIpc) is 2.41. The Kier molecular flexibility index (Phi) is 5.05. The molecular weight excluding hydrogens is 262 g/mol. The number of benzene rings is 1. The molecule has 2 unspecified atom stereocenters. The molecule has 1 aromatic carbocycles. The summed E-state index contributed by atoms with van der Waals surface area (Å²) in [6, 6.07) is 3.81. The molecule has 0 radical (unpaired) electrons. The number of aliphatic hydroxyl groups excluding tert-OH is 1. The molecule has 0 aromatic heterocycles. The van der Waals surface area contributed by atoms with Gasteiger partial charge >= 0.3 is 0 Å². The highest BCUT2D eigenvalue weighted by Crippen LogP contribution is 2.23. The smallest absolute Gasteiger partial charge is 0.131 e. The fraction of sp³-hybridized carbons (Fsp3) is 0.533. The fourth-order valence-corrected chi connectivity index (χ4v) is 2.69. The normalized spacial score (nSPS) is 22.5. The molecule has 0 bridgehead atoms. The van der Waals surface area contributed by atoms with E-state index in [1.807, 2.05) is 0 Å². The SMILES string of the molecule is N#Cc1cc(F)c(CNCC2CCCC(O)C2)c(F)c1. The first-order valence-electron chi connectivity index (χ1n) is 6.87. The second kappa shape index (κ2) is 6.78. The second-order valence-electron chi connectivity index (χ2n) is 5.35. The molecule has 1 fully saturated rings. The molecule has 3 nitrogen and oxygen atoms in total. The minimum atomic E-state index is -0.697. The monoisotopic (exact) mass is 280 g/mol. The molecule has 1 saturated carbocycles. The van der Waals surface area contributed by atoms with Gasteiger partial charge in [-0.1, -0.05) is 6.42 Å². The van der Waals surface area contributed by atoms with Gasteiger partial charge in [0.1, 0.15) is 11.6 Å². The van der Waals surface area contributed by atoms with Crippen LogP contribution in [0.1, 0.15) is 36.8 Å². The van der Waals surface area contributed by atoms with Crippen molar-refractivity contribution in [2.75, 3.05) is 6.54 Å². The standard InChI is InChI=1S/C15H18F2N2O/c16-14-5-11(7-18)6-15(17)13(14)9-19-8-10-2-1-3-12(20)4-10/h5-6,10,12,19-20H,1-4,8-9H2. The van der Waals surface area contributed by atoms with Crippen molar-refractivity contribution in [2.45, 2.75) is 38.3 Å². The largest absolute Gasteiger partial charge is 0.393 e. The quantitative estimate of drug-likeness (QED) is 0.891. The molecule has 0 heterocycles. The van der Waals surface area contributed by atoms with Gasteiger partial charge in [-0.15, -0.1) is 0 Å². The Bertz CT molecular complexity index is 490. The Labute approximate surface area is 117 Å². The van der Waals surface area contributed by atoms with Crippen LogP contribution in [0.4, 0.5) is 8.78 Å². The molecular formula is C15H18F2N2O. The van der Waals surface area contributed by atoms with Crippen LogP contribution >= 0.6 is 0 Å². The van der Waals surface area contributed by atoms with Gasteiger partial charge in [0, 0.05) is 12.1 Å². The Morgan fingerprint density at radius 1 is 1.30 bits per heavy atom. The summed E-state index contributed by atoms with van der Waals surface area (Å²) in [6.45, 7) is 0.728. The Balaban J connectivity index is 1.90. The van der Waals surface area contributed by atoms with Gasteiger partial charge < -0.3 is 10.4 Å². The third-order valence-corrected chi connectivity index (χ3v) is 3.76. The minimum Gasteiger partial charge on any atom is -0.393 e. The van der Waals surface area contributed by atoms with Crippen LogP contribution in [0.15, 0.2) is 12.1 Å². The zero-order valence-corrected chi connectivity index (χ0v) is 11.2. The lowest BCUT2D eigenvalue weighted by Gasteiger charge is -2.26. The van der Waals surface area contributed by atoms with E-state index in [0.717, 1.165) is 37.8 Å². The maximum Gasteiger partial charge on any atom is 0.131 e. The summed E-state index contributed by atoms with van der Waals surface area (Å²) in [6.07, 6.45) is 3.36. The van der Waals surface area contributed by atoms with E-state index in [1.165, 1.54) is 0 Å². The predicted molar refractivity (Wildman–Crippen MR) is 70.7 cm³/mol. The average molecular weight is 280 g/mol. The summed E-state index contributed by atoms with van der Waals surface area (Å²) in [5, 5.41) is 21.2. The Morgan fingerprint density at radius 2 is 2.00 bits per heavy atom. The first-order chi connectivity index (χ1) is 9.60. The van der Waals surface area contributed by atoms with Crippen molar-refractivity contribution in [1.82, 2.24) is 5.32 Å². The second-order valence-corrected chi connectivity index (χ2v) is 5.35. The molecule has 1 aliphatic carbocycles. The van der Waals surface area contributed by atoms with Gasteiger partial charge in [0.15, 0.2) is 0 Å². The summed E-state index contributed by atoms with van der Waals surface area (Å²) in [5.74, 6) is -1.04. The lowest BCUT2D eigenvalue weighted by molar-refractivity contribution is 0.100. The van der Waals surface area contributed by atoms with Gasteiger partial charge in [-0.2, -0.15) is 5.26 Å². The van der Waals surface area contributed by atoms with Gasteiger partial charge in [0.2, 0.25) is 0 Å². The predicted octanol–water partition coefficient (Wildman–Crippen LogP) is 2.48. The zero-order valence-electron chi connectivity index (χ0n) is 11.2. The molecule has 0 amide bonds. The molecule has 108 valence electrons. The molecule has 0 saturated heterocycles. The van der Waals surface area contributed by atoms with E-state index < -0.39 is 11.6 Å². The highest BCUT2D eigenvalue weighted by Gasteiger charge is 2.20. The van der Waals surface area contributed by atoms with E-state index >= 15 is 0 Å². The van der Waals surface area contributed by atoms with Crippen LogP contribution < -0.4 is 5.32 Å². The molecule has 2 atom stereocenters. The molecule has 2 N–H and O–H groups in total. The Hall–Kier alpha value is -1.51. The van der Waals surface area contributed by atoms with Gasteiger partial charge in [-0.25, -0.2) is 8.78 Å². The van der Waals surface area contributed by atoms with Gasteiger partial charge in [0.25, 0.3) is 0 Å². The summed E-state index contributed by atoms with van der Waals surface area (Å²) >= 11 is 0. The van der Waals surface area contributed by atoms with Gasteiger partial charge in [0.05, 0.1) is 17.7 Å². The summed E-state index contributed by atoms with van der Waals surface area (Å²) in [7, 11) is 0. The molecule has 20 heavy (non-hydrogen) atoms. The van der Waals surface area contributed by atoms with Gasteiger partial charge in [-0.05, 0) is 43.9 Å². The maximum atomic E-state index is 13.7. The third-order valence-electron chi connectivity index (χ3n) is 3.76. The molecule has 1 aromatic rings. The van der Waals surface area contributed by atoms with Crippen LogP contribution in [0.2, 0.25) is 0 Å². The third kappa shape index (κ3) is 3.75. The van der Waals surface area contributed by atoms with Gasteiger partial charge in [-0.3, -0.25) is 0 Å². The number of hydrogen-bond donors (Lipinski definition) is 2. The molecule has 2 rings (SSSR count). The van der Waals surface area contributed by atoms with Crippen LogP contribution in [0.5, 0.6) is 0 Å². The number of hydrogen-bond acceptors (Lipinski definition) is 3. The van der Waals surface area contributed by atoms with E-state index in [0.29, 0.717) is 12.5 Å². The van der Waals surface area contributed by atoms with Crippen molar-refractivity contribution in [3.63, 3.8) is 0 Å². The number of nitrogens with zero attached hydrogens (tertiary/aromatic N) is 1. The Morgan fingerprint density at radius 3 is 2.60 bits per heavy atom. The zero-order chi connectivity index (χ0) is 14.5. The number of aliphatic hydroxyl groups is 1. The summed E-state index contributed by atoms with van der Waals surface area (Å²) in [5.41, 5.74) is -0.0560. The van der Waals surface area contributed by atoms with Crippen molar-refractivity contribution in [2.24, 2.45) is 5.92 Å². The maximum absolute atomic E-state index is 13.7. The molecule has 0 spiro atoms. The minimum absolute atomic E-state index is 0.0147. The molecule has 0 aliphatic heterocycles. The van der Waals surface area contributed by atoms with Crippen molar-refractivity contribution in [3.05, 3.63) is 34.9 Å². The van der Waals surface area contributed by atoms with E-state index in [4.69, 9.17) is 5.26 Å². The molecule has 1 aliphatic rings. The van der Waals surface area contributed by atoms with Crippen LogP contribution in [-0.4, -0.2) is 17.8 Å². The van der Waals surface area contributed by atoms with Crippen molar-refractivity contribution < 1.29 is 13.9 Å². The van der Waals surface area contributed by atoms with E-state index in [9.17, 15) is 13.9 Å². The fourth-order valence-electron chi connectivity index (χ4n) is 2.69. The lowest BCUT2D eigenvalue weighted by atomic mass is 9.87. The number of rotatable bonds is 4. The highest BCUT2D eigenvalue weighted by atomic mass is 19.1. The van der Waals surface area contributed by atoms with E-state index in [1.54, 1.807) is 6.07 Å². The summed E-state index contributed by atoms with van der Waals surface area (Å²) < 4.78 is 27.3. The first kappa shape index (κ1) is 14.9. The van der Waals surface area contributed by atoms with E-state index in [-0.39, 0.29) is 23.8 Å². The van der Waals surface area contributed by atoms with Crippen molar-refractivity contribution in [1.29, 1.82) is 5.26 Å². The van der Waals surface area contributed by atoms with Crippen LogP contribution in [0.3, 0.4) is 0 Å². The van der Waals surface area contributed by atoms with Crippen LogP contribution in [-0.2, 0) is 6.54 Å². The lowest BCUT2D eigenvalue weighted by Crippen LogP contribution is -2.29. The van der Waals surface area contributed by atoms with Crippen LogP contribution in [0.25, 0.3) is 0 Å². The molecule has 5 heteroatoms. The summed E-state index contributed by atoms with van der Waals surface area (Å²) in [4.78, 5) is 0. The number of halogens is 2. The van der Waals surface area contributed by atoms with Crippen LogP contribution in [0, 0.1) is 28.9 Å². The topological polar surface area (TPSA) is 56.0 Å². The van der Waals surface area contributed by atoms with Crippen molar-refractivity contribution in [3.8, 4) is 6.07 Å². The number of nitrogens with one attached hydrogen (secondary N) is 1. The first-order valence-corrected chi connectivity index (χ1v) is 6.87. The highest BCUT2D eigenvalue weighted by molar-refractivity contribution is 5.34. The number of nitriles is 1. The van der Waals surface area contributed by atoms with Crippen molar-refractivity contribution >= 4 is 0 Å². The van der Waals surface area contributed by atoms with E-state index in [2.05, 4.69) is 5.32 Å².